The number of carbonyl (C=O) groups is 1. The van der Waals surface area contributed by atoms with Crippen LogP contribution in [0.3, 0.4) is 0 Å². The maximum absolute atomic E-state index is 12.2. The zero-order chi connectivity index (χ0) is 21.5. The Morgan fingerprint density at radius 3 is 2.57 bits per heavy atom. The minimum absolute atomic E-state index is 0.301. The van der Waals surface area contributed by atoms with Crippen LogP contribution < -0.4 is 20.6 Å². The van der Waals surface area contributed by atoms with Crippen LogP contribution in [0, 0.1) is 0 Å². The van der Waals surface area contributed by atoms with E-state index in [0.29, 0.717) is 45.0 Å². The summed E-state index contributed by atoms with van der Waals surface area (Å²) >= 11 is 12.3. The third-order valence-electron chi connectivity index (χ3n) is 4.13. The number of nitrogen functional groups attached to an aromatic ring is 1. The van der Waals surface area contributed by atoms with Gasteiger partial charge in [-0.25, -0.2) is 5.43 Å². The van der Waals surface area contributed by atoms with Crippen molar-refractivity contribution in [3.05, 3.63) is 87.4 Å². The summed E-state index contributed by atoms with van der Waals surface area (Å²) in [4.78, 5) is 12.2. The molecule has 0 heterocycles. The van der Waals surface area contributed by atoms with Crippen LogP contribution in [0.2, 0.25) is 10.0 Å². The van der Waals surface area contributed by atoms with Crippen LogP contribution in [0.5, 0.6) is 11.5 Å². The first-order valence-electron chi connectivity index (χ1n) is 8.90. The predicted molar refractivity (Wildman–Crippen MR) is 120 cm³/mol. The highest BCUT2D eigenvalue weighted by Gasteiger charge is 2.12. The highest BCUT2D eigenvalue weighted by molar-refractivity contribution is 6.32. The second kappa shape index (κ2) is 10.0. The molecule has 3 rings (SSSR count). The lowest BCUT2D eigenvalue weighted by atomic mass is 10.2. The van der Waals surface area contributed by atoms with Crippen LogP contribution in [0.4, 0.5) is 5.69 Å². The number of nitrogens with one attached hydrogen (secondary N) is 1. The molecule has 0 radical (unpaired) electrons. The average molecular weight is 444 g/mol. The van der Waals surface area contributed by atoms with Gasteiger partial charge < -0.3 is 15.2 Å². The van der Waals surface area contributed by atoms with E-state index in [1.54, 1.807) is 48.5 Å². The van der Waals surface area contributed by atoms with Gasteiger partial charge in [0, 0.05) is 10.7 Å². The van der Waals surface area contributed by atoms with Crippen molar-refractivity contribution in [2.24, 2.45) is 5.10 Å². The number of nitrogens with two attached hydrogens (primary N) is 1. The van der Waals surface area contributed by atoms with Crippen molar-refractivity contribution in [1.82, 2.24) is 5.43 Å². The summed E-state index contributed by atoms with van der Waals surface area (Å²) in [6, 6.07) is 17.4. The van der Waals surface area contributed by atoms with E-state index in [-0.39, 0.29) is 0 Å². The standard InChI is InChI=1S/C22H19Cl2N3O3/c1-29-20-11-15(12-26-27-22(28)17-4-2-3-5-19(17)25)10-18(24)21(20)30-13-14-6-8-16(23)9-7-14/h2-12H,13,25H2,1H3,(H,27,28)/b26-12+. The number of amides is 1. The number of hydrogen-bond acceptors (Lipinski definition) is 5. The average Bonchev–Trinajstić information content (AvgIpc) is 2.74. The molecule has 0 aliphatic rings. The molecule has 8 heteroatoms. The van der Waals surface area contributed by atoms with Gasteiger partial charge in [0.2, 0.25) is 0 Å². The summed E-state index contributed by atoms with van der Waals surface area (Å²) in [6.45, 7) is 0.301. The number of carbonyl (C=O) groups excluding carboxylic acids is 1. The SMILES string of the molecule is COc1cc(/C=N/NC(=O)c2ccccc2N)cc(Cl)c1OCc1ccc(Cl)cc1. The van der Waals surface area contributed by atoms with Crippen LogP contribution >= 0.6 is 23.2 Å². The smallest absolute Gasteiger partial charge is 0.273 e. The summed E-state index contributed by atoms with van der Waals surface area (Å²) in [5, 5.41) is 4.96. The van der Waals surface area contributed by atoms with E-state index in [0.717, 1.165) is 5.56 Å². The van der Waals surface area contributed by atoms with Gasteiger partial charge in [-0.1, -0.05) is 47.5 Å². The first-order chi connectivity index (χ1) is 14.5. The quantitative estimate of drug-likeness (QED) is 0.308. The topological polar surface area (TPSA) is 85.9 Å². The molecule has 3 aromatic rings. The molecule has 0 atom stereocenters. The Kier molecular flexibility index (Phi) is 7.17. The molecule has 0 saturated heterocycles. The number of hydrazone groups is 1. The van der Waals surface area contributed by atoms with Crippen LogP contribution in [-0.2, 0) is 6.61 Å². The third-order valence-corrected chi connectivity index (χ3v) is 4.67. The Morgan fingerprint density at radius 2 is 1.87 bits per heavy atom. The molecule has 6 nitrogen and oxygen atoms in total. The van der Waals surface area contributed by atoms with Gasteiger partial charge in [-0.2, -0.15) is 5.10 Å². The van der Waals surface area contributed by atoms with Gasteiger partial charge in [0.1, 0.15) is 6.61 Å². The minimum atomic E-state index is -0.412. The Hall–Kier alpha value is -3.22. The summed E-state index contributed by atoms with van der Waals surface area (Å²) in [5.41, 5.74) is 10.5. The molecular weight excluding hydrogens is 425 g/mol. The largest absolute Gasteiger partial charge is 0.493 e. The molecule has 0 aliphatic heterocycles. The van der Waals surface area contributed by atoms with Crippen LogP contribution in [0.1, 0.15) is 21.5 Å². The van der Waals surface area contributed by atoms with Gasteiger partial charge >= 0.3 is 0 Å². The van der Waals surface area contributed by atoms with Crippen LogP contribution in [0.15, 0.2) is 65.8 Å². The lowest BCUT2D eigenvalue weighted by Gasteiger charge is -2.13. The fourth-order valence-corrected chi connectivity index (χ4v) is 3.02. The maximum Gasteiger partial charge on any atom is 0.273 e. The molecular formula is C22H19Cl2N3O3. The van der Waals surface area contributed by atoms with E-state index in [1.807, 2.05) is 12.1 Å². The molecule has 1 amide bonds. The number of ether oxygens (including phenoxy) is 2. The van der Waals surface area contributed by atoms with E-state index < -0.39 is 5.91 Å². The zero-order valence-electron chi connectivity index (χ0n) is 16.1. The Balaban J connectivity index is 1.70. The molecule has 0 bridgehead atoms. The molecule has 3 N–H and O–H groups in total. The van der Waals surface area contributed by atoms with Crippen molar-refractivity contribution < 1.29 is 14.3 Å². The summed E-state index contributed by atoms with van der Waals surface area (Å²) < 4.78 is 11.2. The molecule has 0 unspecified atom stereocenters. The molecule has 0 fully saturated rings. The Morgan fingerprint density at radius 1 is 1.13 bits per heavy atom. The fraction of sp³-hybridized carbons (Fsp3) is 0.0909. The van der Waals surface area contributed by atoms with Gasteiger partial charge in [0.25, 0.3) is 5.91 Å². The van der Waals surface area contributed by atoms with Crippen molar-refractivity contribution in [3.8, 4) is 11.5 Å². The molecule has 0 aromatic heterocycles. The summed E-state index contributed by atoms with van der Waals surface area (Å²) in [5.74, 6) is 0.439. The zero-order valence-corrected chi connectivity index (χ0v) is 17.6. The number of para-hydroxylation sites is 1. The number of nitrogens with zero attached hydrogens (tertiary/aromatic N) is 1. The number of hydrogen-bond donors (Lipinski definition) is 2. The van der Waals surface area contributed by atoms with Crippen molar-refractivity contribution in [2.75, 3.05) is 12.8 Å². The third kappa shape index (κ3) is 5.43. The van der Waals surface area contributed by atoms with Gasteiger partial charge in [-0.15, -0.1) is 0 Å². The fourth-order valence-electron chi connectivity index (χ4n) is 2.62. The highest BCUT2D eigenvalue weighted by Crippen LogP contribution is 2.36. The van der Waals surface area contributed by atoms with Gasteiger partial charge in [-0.05, 0) is 47.5 Å². The molecule has 30 heavy (non-hydrogen) atoms. The van der Waals surface area contributed by atoms with Crippen molar-refractivity contribution >= 4 is 41.0 Å². The molecule has 0 saturated carbocycles. The number of benzene rings is 3. The summed E-state index contributed by atoms with van der Waals surface area (Å²) in [6.07, 6.45) is 1.45. The lowest BCUT2D eigenvalue weighted by molar-refractivity contribution is 0.0956. The molecule has 0 spiro atoms. The van der Waals surface area contributed by atoms with E-state index in [4.69, 9.17) is 38.4 Å². The highest BCUT2D eigenvalue weighted by atomic mass is 35.5. The number of rotatable bonds is 7. The first-order valence-corrected chi connectivity index (χ1v) is 9.66. The Bertz CT molecular complexity index is 1070. The molecule has 154 valence electrons. The van der Waals surface area contributed by atoms with Crippen molar-refractivity contribution in [2.45, 2.75) is 6.61 Å². The Labute approximate surface area is 184 Å². The lowest BCUT2D eigenvalue weighted by Crippen LogP contribution is -2.19. The van der Waals surface area contributed by atoms with E-state index in [1.165, 1.54) is 13.3 Å². The normalized spacial score (nSPS) is 10.8. The maximum atomic E-state index is 12.2. The number of anilines is 1. The van der Waals surface area contributed by atoms with Crippen LogP contribution in [-0.4, -0.2) is 19.2 Å². The predicted octanol–water partition coefficient (Wildman–Crippen LogP) is 4.93. The number of methoxy groups -OCH3 is 1. The van der Waals surface area contributed by atoms with Crippen LogP contribution in [0.25, 0.3) is 0 Å². The minimum Gasteiger partial charge on any atom is -0.493 e. The summed E-state index contributed by atoms with van der Waals surface area (Å²) in [7, 11) is 1.52. The van der Waals surface area contributed by atoms with Gasteiger partial charge in [0.05, 0.1) is 23.9 Å². The van der Waals surface area contributed by atoms with E-state index in [2.05, 4.69) is 10.5 Å². The monoisotopic (exact) mass is 443 g/mol. The van der Waals surface area contributed by atoms with Gasteiger partial charge in [-0.3, -0.25) is 4.79 Å². The molecule has 3 aromatic carbocycles. The van der Waals surface area contributed by atoms with Gasteiger partial charge in [0.15, 0.2) is 11.5 Å². The molecule has 0 aliphatic carbocycles. The second-order valence-electron chi connectivity index (χ2n) is 6.24. The van der Waals surface area contributed by atoms with E-state index in [9.17, 15) is 4.79 Å². The van der Waals surface area contributed by atoms with E-state index >= 15 is 0 Å². The first kappa shape index (κ1) is 21.5. The van der Waals surface area contributed by atoms with Crippen molar-refractivity contribution in [1.29, 1.82) is 0 Å². The number of halogens is 2. The second-order valence-corrected chi connectivity index (χ2v) is 7.08. The van der Waals surface area contributed by atoms with Crippen molar-refractivity contribution in [3.63, 3.8) is 0 Å².